The third kappa shape index (κ3) is 2.90. The number of hydrogen-bond acceptors (Lipinski definition) is 4. The maximum atomic E-state index is 12.1. The third-order valence-electron chi connectivity index (χ3n) is 4.80. The van der Waals surface area contributed by atoms with Gasteiger partial charge in [-0.2, -0.15) is 0 Å². The minimum absolute atomic E-state index is 0.227. The van der Waals surface area contributed by atoms with E-state index in [0.29, 0.717) is 12.1 Å². The molecule has 1 aliphatic heterocycles. The van der Waals surface area contributed by atoms with Crippen LogP contribution in [0.1, 0.15) is 28.8 Å². The summed E-state index contributed by atoms with van der Waals surface area (Å²) >= 11 is 0. The molecule has 1 atom stereocenters. The van der Waals surface area contributed by atoms with Crippen LogP contribution in [0.15, 0.2) is 47.3 Å². The van der Waals surface area contributed by atoms with Crippen LogP contribution in [-0.4, -0.2) is 31.2 Å². The number of nitrogens with one attached hydrogen (secondary N) is 1. The van der Waals surface area contributed by atoms with Gasteiger partial charge in [0.25, 0.3) is 11.4 Å². The molecule has 1 N–H and O–H groups in total. The lowest BCUT2D eigenvalue weighted by molar-refractivity contribution is 0.0915. The Balaban J connectivity index is 1.37. The topological polar surface area (TPSA) is 76.1 Å². The number of furan rings is 1. The van der Waals surface area contributed by atoms with E-state index in [1.54, 1.807) is 6.07 Å². The first kappa shape index (κ1) is 16.2. The zero-order valence-corrected chi connectivity index (χ0v) is 14.0. The second-order valence-corrected chi connectivity index (χ2v) is 6.53. The minimum Gasteiger partial charge on any atom is -0.472 e. The molecule has 2 heterocycles. The first-order valence-electron chi connectivity index (χ1n) is 8.39. The second kappa shape index (κ2) is 6.23. The fourth-order valence-electron chi connectivity index (χ4n) is 3.08. The molecule has 0 spiro atoms. The normalized spacial score (nSPS) is 20.3. The molecule has 4 rings (SSSR count). The Morgan fingerprint density at radius 2 is 2.08 bits per heavy atom. The molecule has 2 fully saturated rings. The SMILES string of the molecule is [C-]#[N+]C1(c2ccc(N3C[C@H](CNC(=O)c4ccoc4)OC3=O)cc2)CC1. The molecule has 0 radical (unpaired) electrons. The van der Waals surface area contributed by atoms with E-state index in [1.807, 2.05) is 24.3 Å². The van der Waals surface area contributed by atoms with Crippen molar-refractivity contribution in [1.29, 1.82) is 0 Å². The van der Waals surface area contributed by atoms with E-state index in [0.717, 1.165) is 24.1 Å². The number of carbonyl (C=O) groups is 2. The molecule has 0 unspecified atom stereocenters. The van der Waals surface area contributed by atoms with Crippen molar-refractivity contribution >= 4 is 17.7 Å². The van der Waals surface area contributed by atoms with Crippen LogP contribution in [0, 0.1) is 6.57 Å². The van der Waals surface area contributed by atoms with Gasteiger partial charge in [0.15, 0.2) is 0 Å². The Morgan fingerprint density at radius 3 is 2.69 bits per heavy atom. The number of carbonyl (C=O) groups excluding carboxylic acids is 2. The molecule has 132 valence electrons. The number of nitrogens with zero attached hydrogens (tertiary/aromatic N) is 2. The van der Waals surface area contributed by atoms with Gasteiger partial charge >= 0.3 is 6.09 Å². The Morgan fingerprint density at radius 1 is 1.31 bits per heavy atom. The maximum Gasteiger partial charge on any atom is 0.414 e. The van der Waals surface area contributed by atoms with Crippen molar-refractivity contribution in [3.63, 3.8) is 0 Å². The molecular weight excluding hydrogens is 334 g/mol. The molecule has 1 saturated heterocycles. The summed E-state index contributed by atoms with van der Waals surface area (Å²) in [7, 11) is 0. The quantitative estimate of drug-likeness (QED) is 0.841. The van der Waals surface area contributed by atoms with Crippen LogP contribution >= 0.6 is 0 Å². The molecule has 1 aliphatic carbocycles. The minimum atomic E-state index is -0.438. The molecular formula is C19H17N3O4. The predicted molar refractivity (Wildman–Crippen MR) is 92.6 cm³/mol. The van der Waals surface area contributed by atoms with Crippen molar-refractivity contribution < 1.29 is 18.7 Å². The molecule has 1 saturated carbocycles. The average molecular weight is 351 g/mol. The molecule has 26 heavy (non-hydrogen) atoms. The highest BCUT2D eigenvalue weighted by Gasteiger charge is 2.52. The molecule has 1 aromatic heterocycles. The zero-order chi connectivity index (χ0) is 18.1. The van der Waals surface area contributed by atoms with Gasteiger partial charge in [-0.1, -0.05) is 0 Å². The van der Waals surface area contributed by atoms with E-state index in [1.165, 1.54) is 17.4 Å². The van der Waals surface area contributed by atoms with Gasteiger partial charge in [-0.3, -0.25) is 9.69 Å². The smallest absolute Gasteiger partial charge is 0.414 e. The van der Waals surface area contributed by atoms with E-state index in [-0.39, 0.29) is 18.0 Å². The summed E-state index contributed by atoms with van der Waals surface area (Å²) in [5.74, 6) is -0.272. The predicted octanol–water partition coefficient (Wildman–Crippen LogP) is 2.94. The van der Waals surface area contributed by atoms with Crippen molar-refractivity contribution in [1.82, 2.24) is 5.32 Å². The van der Waals surface area contributed by atoms with E-state index in [9.17, 15) is 9.59 Å². The van der Waals surface area contributed by atoms with E-state index in [4.69, 9.17) is 15.7 Å². The molecule has 0 bridgehead atoms. The van der Waals surface area contributed by atoms with Gasteiger partial charge in [0.2, 0.25) is 0 Å². The van der Waals surface area contributed by atoms with Crippen molar-refractivity contribution in [2.45, 2.75) is 24.5 Å². The molecule has 2 aliphatic rings. The molecule has 7 heteroatoms. The van der Waals surface area contributed by atoms with Crippen LogP contribution in [0.2, 0.25) is 0 Å². The van der Waals surface area contributed by atoms with E-state index in [2.05, 4.69) is 10.2 Å². The van der Waals surface area contributed by atoms with Gasteiger partial charge in [0, 0.05) is 24.1 Å². The van der Waals surface area contributed by atoms with Crippen molar-refractivity contribution in [3.05, 3.63) is 65.4 Å². The summed E-state index contributed by atoms with van der Waals surface area (Å²) in [6, 6.07) is 9.06. The summed E-state index contributed by atoms with van der Waals surface area (Å²) in [4.78, 5) is 29.3. The summed E-state index contributed by atoms with van der Waals surface area (Å²) in [5.41, 5.74) is 1.79. The number of anilines is 1. The number of rotatable bonds is 5. The van der Waals surface area contributed by atoms with Crippen LogP contribution in [0.25, 0.3) is 4.85 Å². The number of amides is 2. The van der Waals surface area contributed by atoms with Gasteiger partial charge in [-0.25, -0.2) is 11.4 Å². The van der Waals surface area contributed by atoms with Crippen LogP contribution in [0.3, 0.4) is 0 Å². The zero-order valence-electron chi connectivity index (χ0n) is 14.0. The maximum absolute atomic E-state index is 12.1. The Labute approximate surface area is 150 Å². The van der Waals surface area contributed by atoms with Crippen LogP contribution in [0.4, 0.5) is 10.5 Å². The summed E-state index contributed by atoms with van der Waals surface area (Å²) < 4.78 is 10.2. The first-order chi connectivity index (χ1) is 12.6. The highest BCUT2D eigenvalue weighted by atomic mass is 16.6. The van der Waals surface area contributed by atoms with Crippen LogP contribution in [-0.2, 0) is 10.3 Å². The largest absolute Gasteiger partial charge is 0.472 e. The Hall–Kier alpha value is -3.27. The van der Waals surface area contributed by atoms with Gasteiger partial charge < -0.3 is 19.3 Å². The highest BCUT2D eigenvalue weighted by molar-refractivity contribution is 5.94. The van der Waals surface area contributed by atoms with Crippen LogP contribution in [0.5, 0.6) is 0 Å². The molecule has 2 amide bonds. The van der Waals surface area contributed by atoms with E-state index >= 15 is 0 Å². The number of ether oxygens (including phenoxy) is 1. The lowest BCUT2D eigenvalue weighted by Gasteiger charge is -2.14. The monoisotopic (exact) mass is 351 g/mol. The standard InChI is InChI=1S/C19H17N3O4/c1-20-19(7-8-19)14-2-4-15(5-3-14)22-11-16(26-18(22)24)10-21-17(23)13-6-9-25-12-13/h2-6,9,12,16H,7-8,10-11H2,(H,21,23)/t16-/m0/s1. The van der Waals surface area contributed by atoms with Crippen molar-refractivity contribution in [3.8, 4) is 0 Å². The number of cyclic esters (lactones) is 1. The average Bonchev–Trinajstić information content (AvgIpc) is 3.09. The summed E-state index contributed by atoms with van der Waals surface area (Å²) in [6.07, 6.45) is 3.71. The second-order valence-electron chi connectivity index (χ2n) is 6.53. The molecule has 7 nitrogen and oxygen atoms in total. The highest BCUT2D eigenvalue weighted by Crippen LogP contribution is 2.49. The third-order valence-corrected chi connectivity index (χ3v) is 4.80. The van der Waals surface area contributed by atoms with Gasteiger partial charge in [0.05, 0.1) is 24.9 Å². The number of hydrogen-bond donors (Lipinski definition) is 1. The van der Waals surface area contributed by atoms with Gasteiger partial charge in [-0.05, 0) is 30.3 Å². The summed E-state index contributed by atoms with van der Waals surface area (Å²) in [6.45, 7) is 7.90. The molecule has 1 aromatic carbocycles. The fraction of sp³-hybridized carbons (Fsp3) is 0.316. The van der Waals surface area contributed by atoms with Gasteiger partial charge in [0.1, 0.15) is 12.4 Å². The first-order valence-corrected chi connectivity index (χ1v) is 8.39. The van der Waals surface area contributed by atoms with E-state index < -0.39 is 12.2 Å². The van der Waals surface area contributed by atoms with Crippen molar-refractivity contribution in [2.24, 2.45) is 0 Å². The van der Waals surface area contributed by atoms with Gasteiger partial charge in [-0.15, -0.1) is 0 Å². The lowest BCUT2D eigenvalue weighted by atomic mass is 10.1. The Bertz CT molecular complexity index is 863. The fourth-order valence-corrected chi connectivity index (χ4v) is 3.08. The molecule has 2 aromatic rings. The Kier molecular flexibility index (Phi) is 3.88. The lowest BCUT2D eigenvalue weighted by Crippen LogP contribution is -2.34. The summed E-state index contributed by atoms with van der Waals surface area (Å²) in [5, 5.41) is 2.73. The number of benzene rings is 1. The van der Waals surface area contributed by atoms with Crippen LogP contribution < -0.4 is 10.2 Å². The van der Waals surface area contributed by atoms with Crippen molar-refractivity contribution in [2.75, 3.05) is 18.0 Å².